The van der Waals surface area contributed by atoms with Gasteiger partial charge in [0.15, 0.2) is 0 Å². The molecule has 0 aromatic heterocycles. The van der Waals surface area contributed by atoms with E-state index in [0.717, 1.165) is 18.8 Å². The lowest BCUT2D eigenvalue weighted by Gasteiger charge is -2.08. The van der Waals surface area contributed by atoms with Crippen molar-refractivity contribution in [2.24, 2.45) is 0 Å². The van der Waals surface area contributed by atoms with Crippen LogP contribution in [0.5, 0.6) is 5.75 Å². The Labute approximate surface area is 74.4 Å². The van der Waals surface area contributed by atoms with Crippen LogP contribution in [0.1, 0.15) is 25.0 Å². The van der Waals surface area contributed by atoms with E-state index in [1.807, 2.05) is 6.92 Å². The van der Waals surface area contributed by atoms with Gasteiger partial charge in [-0.05, 0) is 31.9 Å². The van der Waals surface area contributed by atoms with Crippen LogP contribution in [0.4, 0.5) is 0 Å². The lowest BCUT2D eigenvalue weighted by molar-refractivity contribution is 0.337. The number of rotatable bonds is 3. The van der Waals surface area contributed by atoms with Gasteiger partial charge in [0.25, 0.3) is 0 Å². The third kappa shape index (κ3) is 2.00. The second kappa shape index (κ2) is 4.15. The number of hydrogen-bond donors (Lipinski definition) is 0. The molecular formula is C11H16O. The van der Waals surface area contributed by atoms with Crippen molar-refractivity contribution >= 4 is 0 Å². The fourth-order valence-electron chi connectivity index (χ4n) is 1.28. The summed E-state index contributed by atoms with van der Waals surface area (Å²) in [6.07, 6.45) is 1.04. The molecule has 66 valence electrons. The van der Waals surface area contributed by atoms with Crippen LogP contribution in [0.15, 0.2) is 18.2 Å². The van der Waals surface area contributed by atoms with Crippen molar-refractivity contribution in [3.63, 3.8) is 0 Å². The van der Waals surface area contributed by atoms with E-state index in [4.69, 9.17) is 4.74 Å². The Bertz CT molecular complexity index is 253. The molecule has 0 atom stereocenters. The summed E-state index contributed by atoms with van der Waals surface area (Å²) in [5, 5.41) is 0. The summed E-state index contributed by atoms with van der Waals surface area (Å²) in [5.41, 5.74) is 2.60. The van der Waals surface area contributed by atoms with Crippen molar-refractivity contribution < 1.29 is 4.74 Å². The van der Waals surface area contributed by atoms with Crippen molar-refractivity contribution in [1.29, 1.82) is 0 Å². The standard InChI is InChI=1S/C11H16O/c1-4-10-8-9(3)6-7-11(10)12-5-2/h6-8H,4-5H2,1-3H3. The van der Waals surface area contributed by atoms with Gasteiger partial charge >= 0.3 is 0 Å². The van der Waals surface area contributed by atoms with Crippen molar-refractivity contribution in [2.45, 2.75) is 27.2 Å². The van der Waals surface area contributed by atoms with Gasteiger partial charge in [0, 0.05) is 0 Å². The largest absolute Gasteiger partial charge is 0.494 e. The van der Waals surface area contributed by atoms with Crippen molar-refractivity contribution in [1.82, 2.24) is 0 Å². The molecule has 1 heteroatoms. The summed E-state index contributed by atoms with van der Waals surface area (Å²) < 4.78 is 5.48. The van der Waals surface area contributed by atoms with E-state index in [-0.39, 0.29) is 0 Å². The first-order chi connectivity index (χ1) is 5.77. The highest BCUT2D eigenvalue weighted by molar-refractivity contribution is 5.36. The lowest BCUT2D eigenvalue weighted by Crippen LogP contribution is -1.95. The molecule has 0 heterocycles. The summed E-state index contributed by atoms with van der Waals surface area (Å²) >= 11 is 0. The van der Waals surface area contributed by atoms with Crippen LogP contribution in [-0.2, 0) is 6.42 Å². The smallest absolute Gasteiger partial charge is 0.122 e. The first-order valence-corrected chi connectivity index (χ1v) is 4.50. The Morgan fingerprint density at radius 2 is 2.00 bits per heavy atom. The van der Waals surface area contributed by atoms with Crippen LogP contribution < -0.4 is 4.74 Å². The van der Waals surface area contributed by atoms with Gasteiger partial charge in [-0.25, -0.2) is 0 Å². The van der Waals surface area contributed by atoms with Crippen molar-refractivity contribution in [2.75, 3.05) is 6.61 Å². The third-order valence-electron chi connectivity index (χ3n) is 1.90. The van der Waals surface area contributed by atoms with Gasteiger partial charge in [-0.2, -0.15) is 0 Å². The average Bonchev–Trinajstić information content (AvgIpc) is 2.08. The molecule has 0 aliphatic carbocycles. The maximum Gasteiger partial charge on any atom is 0.122 e. The van der Waals surface area contributed by atoms with Crippen molar-refractivity contribution in [3.8, 4) is 5.75 Å². The van der Waals surface area contributed by atoms with Crippen LogP contribution in [0, 0.1) is 6.92 Å². The highest BCUT2D eigenvalue weighted by atomic mass is 16.5. The molecule has 0 N–H and O–H groups in total. The van der Waals surface area contributed by atoms with Gasteiger partial charge in [-0.15, -0.1) is 0 Å². The maximum atomic E-state index is 5.48. The van der Waals surface area contributed by atoms with E-state index in [1.54, 1.807) is 0 Å². The lowest BCUT2D eigenvalue weighted by atomic mass is 10.1. The predicted octanol–water partition coefficient (Wildman–Crippen LogP) is 2.96. The van der Waals surface area contributed by atoms with Gasteiger partial charge in [0.1, 0.15) is 5.75 Å². The van der Waals surface area contributed by atoms with Crippen LogP contribution in [0.2, 0.25) is 0 Å². The summed E-state index contributed by atoms with van der Waals surface area (Å²) in [6, 6.07) is 6.33. The highest BCUT2D eigenvalue weighted by Crippen LogP contribution is 2.20. The molecule has 0 amide bonds. The molecule has 1 aromatic carbocycles. The van der Waals surface area contributed by atoms with Crippen LogP contribution in [0.3, 0.4) is 0 Å². The molecule has 0 aliphatic heterocycles. The number of benzene rings is 1. The molecule has 0 saturated heterocycles. The minimum atomic E-state index is 0.746. The van der Waals surface area contributed by atoms with Crippen molar-refractivity contribution in [3.05, 3.63) is 29.3 Å². The number of ether oxygens (including phenoxy) is 1. The predicted molar refractivity (Wildman–Crippen MR) is 51.7 cm³/mol. The quantitative estimate of drug-likeness (QED) is 0.667. The van der Waals surface area contributed by atoms with E-state index < -0.39 is 0 Å². The summed E-state index contributed by atoms with van der Waals surface area (Å²) in [7, 11) is 0. The Hall–Kier alpha value is -0.980. The zero-order chi connectivity index (χ0) is 8.97. The maximum absolute atomic E-state index is 5.48. The van der Waals surface area contributed by atoms with Crippen LogP contribution in [0.25, 0.3) is 0 Å². The molecule has 12 heavy (non-hydrogen) atoms. The van der Waals surface area contributed by atoms with E-state index in [9.17, 15) is 0 Å². The molecule has 0 saturated carbocycles. The van der Waals surface area contributed by atoms with E-state index in [0.29, 0.717) is 0 Å². The molecule has 1 nitrogen and oxygen atoms in total. The van der Waals surface area contributed by atoms with E-state index >= 15 is 0 Å². The van der Waals surface area contributed by atoms with Gasteiger partial charge < -0.3 is 4.74 Å². The van der Waals surface area contributed by atoms with Gasteiger partial charge in [0.05, 0.1) is 6.61 Å². The molecule has 0 unspecified atom stereocenters. The topological polar surface area (TPSA) is 9.23 Å². The molecule has 0 spiro atoms. The van der Waals surface area contributed by atoms with E-state index in [1.165, 1.54) is 11.1 Å². The van der Waals surface area contributed by atoms with E-state index in [2.05, 4.69) is 32.0 Å². The zero-order valence-corrected chi connectivity index (χ0v) is 8.05. The Morgan fingerprint density at radius 1 is 1.25 bits per heavy atom. The highest BCUT2D eigenvalue weighted by Gasteiger charge is 1.99. The summed E-state index contributed by atoms with van der Waals surface area (Å²) in [5.74, 6) is 1.03. The second-order valence-corrected chi connectivity index (χ2v) is 2.90. The minimum absolute atomic E-state index is 0.746. The normalized spacial score (nSPS) is 9.92. The summed E-state index contributed by atoms with van der Waals surface area (Å²) in [6.45, 7) is 7.02. The number of hydrogen-bond acceptors (Lipinski definition) is 1. The van der Waals surface area contributed by atoms with Crippen LogP contribution >= 0.6 is 0 Å². The Morgan fingerprint density at radius 3 is 2.58 bits per heavy atom. The third-order valence-corrected chi connectivity index (χ3v) is 1.90. The Kier molecular flexibility index (Phi) is 3.15. The van der Waals surface area contributed by atoms with Gasteiger partial charge in [0.2, 0.25) is 0 Å². The molecule has 1 aromatic rings. The second-order valence-electron chi connectivity index (χ2n) is 2.90. The monoisotopic (exact) mass is 164 g/mol. The molecule has 0 aliphatic rings. The number of aryl methyl sites for hydroxylation is 2. The molecular weight excluding hydrogens is 148 g/mol. The first-order valence-electron chi connectivity index (χ1n) is 4.50. The van der Waals surface area contributed by atoms with Gasteiger partial charge in [-0.1, -0.05) is 24.6 Å². The fourth-order valence-corrected chi connectivity index (χ4v) is 1.28. The van der Waals surface area contributed by atoms with Crippen LogP contribution in [-0.4, -0.2) is 6.61 Å². The molecule has 0 radical (unpaired) electrons. The first kappa shape index (κ1) is 9.11. The van der Waals surface area contributed by atoms with Gasteiger partial charge in [-0.3, -0.25) is 0 Å². The Balaban J connectivity index is 2.94. The SMILES string of the molecule is CCOc1ccc(C)cc1CC. The molecule has 0 fully saturated rings. The zero-order valence-electron chi connectivity index (χ0n) is 8.05. The molecule has 0 bridgehead atoms. The minimum Gasteiger partial charge on any atom is -0.494 e. The molecule has 1 rings (SSSR count). The fraction of sp³-hybridized carbons (Fsp3) is 0.455. The average molecular weight is 164 g/mol. The summed E-state index contributed by atoms with van der Waals surface area (Å²) in [4.78, 5) is 0.